The van der Waals surface area contributed by atoms with Crippen LogP contribution in [-0.4, -0.2) is 23.3 Å². The number of amides is 2. The fourth-order valence-electron chi connectivity index (χ4n) is 1.04. The minimum absolute atomic E-state index is 0.171. The van der Waals surface area contributed by atoms with Gasteiger partial charge in [-0.25, -0.2) is 4.98 Å². The molecule has 0 bridgehead atoms. The second-order valence-corrected chi connectivity index (χ2v) is 3.77. The highest BCUT2D eigenvalue weighted by atomic mass is 32.1. The van der Waals surface area contributed by atoms with E-state index in [0.29, 0.717) is 25.1 Å². The second kappa shape index (κ2) is 6.13. The van der Waals surface area contributed by atoms with Crippen LogP contribution >= 0.6 is 11.3 Å². The van der Waals surface area contributed by atoms with Crippen LogP contribution in [-0.2, 0) is 4.79 Å². The summed E-state index contributed by atoms with van der Waals surface area (Å²) in [5.41, 5.74) is 7.03. The largest absolute Gasteiger partial charge is 0.370 e. The average molecular weight is 227 g/mol. The number of nitrogens with two attached hydrogens (primary N) is 1. The van der Waals surface area contributed by atoms with Gasteiger partial charge in [-0.3, -0.25) is 9.59 Å². The summed E-state index contributed by atoms with van der Waals surface area (Å²) in [5.74, 6) is -0.476. The number of primary amides is 1. The Morgan fingerprint density at radius 3 is 2.87 bits per heavy atom. The number of carbonyl (C=O) groups excluding carboxylic acids is 2. The molecular formula is C9H13N3O2S. The van der Waals surface area contributed by atoms with Gasteiger partial charge in [0.15, 0.2) is 0 Å². The van der Waals surface area contributed by atoms with Gasteiger partial charge in [0.1, 0.15) is 5.69 Å². The van der Waals surface area contributed by atoms with Crippen LogP contribution in [0.2, 0.25) is 0 Å². The molecule has 0 saturated heterocycles. The van der Waals surface area contributed by atoms with Gasteiger partial charge in [-0.05, 0) is 12.8 Å². The monoisotopic (exact) mass is 227 g/mol. The number of hydrogen-bond donors (Lipinski definition) is 2. The number of aromatic nitrogens is 1. The number of carbonyl (C=O) groups is 2. The fourth-order valence-corrected chi connectivity index (χ4v) is 1.57. The lowest BCUT2D eigenvalue weighted by atomic mass is 10.2. The van der Waals surface area contributed by atoms with Crippen LogP contribution in [0.25, 0.3) is 0 Å². The molecule has 0 radical (unpaired) electrons. The molecule has 2 amide bonds. The van der Waals surface area contributed by atoms with E-state index in [1.165, 1.54) is 11.3 Å². The third-order valence-corrected chi connectivity index (χ3v) is 2.39. The topological polar surface area (TPSA) is 85.1 Å². The zero-order chi connectivity index (χ0) is 11.1. The van der Waals surface area contributed by atoms with E-state index in [-0.39, 0.29) is 11.8 Å². The van der Waals surface area contributed by atoms with Crippen LogP contribution < -0.4 is 11.1 Å². The predicted octanol–water partition coefficient (Wildman–Crippen LogP) is 0.528. The molecule has 0 spiro atoms. The predicted molar refractivity (Wildman–Crippen MR) is 57.5 cm³/mol. The zero-order valence-corrected chi connectivity index (χ0v) is 9.05. The van der Waals surface area contributed by atoms with Crippen molar-refractivity contribution in [2.45, 2.75) is 19.3 Å². The number of nitrogens with zero attached hydrogens (tertiary/aromatic N) is 1. The van der Waals surface area contributed by atoms with Crippen molar-refractivity contribution in [1.29, 1.82) is 0 Å². The maximum atomic E-state index is 11.3. The number of hydrogen-bond acceptors (Lipinski definition) is 4. The summed E-state index contributed by atoms with van der Waals surface area (Å²) in [6, 6.07) is 0. The lowest BCUT2D eigenvalue weighted by Gasteiger charge is -2.01. The Morgan fingerprint density at radius 2 is 2.27 bits per heavy atom. The van der Waals surface area contributed by atoms with Crippen LogP contribution in [0, 0.1) is 0 Å². The van der Waals surface area contributed by atoms with Crippen LogP contribution in [0.3, 0.4) is 0 Å². The minimum atomic E-state index is -0.305. The Kier molecular flexibility index (Phi) is 4.76. The fraction of sp³-hybridized carbons (Fsp3) is 0.444. The molecule has 0 atom stereocenters. The van der Waals surface area contributed by atoms with E-state index in [1.54, 1.807) is 10.9 Å². The van der Waals surface area contributed by atoms with E-state index >= 15 is 0 Å². The number of thiazole rings is 1. The van der Waals surface area contributed by atoms with Crippen LogP contribution in [0.4, 0.5) is 0 Å². The molecular weight excluding hydrogens is 214 g/mol. The van der Waals surface area contributed by atoms with Crippen molar-refractivity contribution in [3.05, 3.63) is 16.6 Å². The van der Waals surface area contributed by atoms with Crippen molar-refractivity contribution in [3.63, 3.8) is 0 Å². The van der Waals surface area contributed by atoms with Crippen molar-refractivity contribution in [1.82, 2.24) is 10.3 Å². The van der Waals surface area contributed by atoms with Gasteiger partial charge in [0.2, 0.25) is 5.91 Å². The van der Waals surface area contributed by atoms with Gasteiger partial charge in [-0.2, -0.15) is 0 Å². The number of nitrogens with one attached hydrogen (secondary N) is 1. The van der Waals surface area contributed by atoms with Gasteiger partial charge in [-0.1, -0.05) is 0 Å². The highest BCUT2D eigenvalue weighted by Crippen LogP contribution is 2.00. The van der Waals surface area contributed by atoms with Gasteiger partial charge in [-0.15, -0.1) is 11.3 Å². The Labute approximate surface area is 91.7 Å². The van der Waals surface area contributed by atoms with Crippen LogP contribution in [0.15, 0.2) is 10.9 Å². The van der Waals surface area contributed by atoms with E-state index in [9.17, 15) is 9.59 Å². The summed E-state index contributed by atoms with van der Waals surface area (Å²) >= 11 is 1.38. The summed E-state index contributed by atoms with van der Waals surface area (Å²) < 4.78 is 0. The first-order valence-corrected chi connectivity index (χ1v) is 5.59. The standard InChI is InChI=1S/C9H13N3O2S/c10-8(13)3-1-2-4-11-9(14)7-5-15-6-12-7/h5-6H,1-4H2,(H2,10,13)(H,11,14). The molecule has 3 N–H and O–H groups in total. The number of rotatable bonds is 6. The normalized spacial score (nSPS) is 9.87. The molecule has 82 valence electrons. The lowest BCUT2D eigenvalue weighted by Crippen LogP contribution is -2.24. The summed E-state index contributed by atoms with van der Waals surface area (Å²) in [6.07, 6.45) is 1.82. The highest BCUT2D eigenvalue weighted by molar-refractivity contribution is 7.07. The van der Waals surface area contributed by atoms with E-state index in [2.05, 4.69) is 10.3 Å². The first kappa shape index (κ1) is 11.6. The van der Waals surface area contributed by atoms with Gasteiger partial charge >= 0.3 is 0 Å². The number of unbranched alkanes of at least 4 members (excludes halogenated alkanes) is 1. The molecule has 1 aromatic rings. The first-order chi connectivity index (χ1) is 7.20. The smallest absolute Gasteiger partial charge is 0.270 e. The summed E-state index contributed by atoms with van der Waals surface area (Å²) in [6.45, 7) is 0.545. The maximum Gasteiger partial charge on any atom is 0.270 e. The molecule has 0 fully saturated rings. The molecule has 6 heteroatoms. The van der Waals surface area contributed by atoms with E-state index in [4.69, 9.17) is 5.73 Å². The molecule has 1 rings (SSSR count). The first-order valence-electron chi connectivity index (χ1n) is 4.65. The molecule has 0 saturated carbocycles. The molecule has 1 heterocycles. The van der Waals surface area contributed by atoms with Crippen molar-refractivity contribution in [2.24, 2.45) is 5.73 Å². The minimum Gasteiger partial charge on any atom is -0.370 e. The quantitative estimate of drug-likeness (QED) is 0.695. The van der Waals surface area contributed by atoms with E-state index < -0.39 is 0 Å². The molecule has 0 aromatic carbocycles. The van der Waals surface area contributed by atoms with Gasteiger partial charge < -0.3 is 11.1 Å². The maximum absolute atomic E-state index is 11.3. The Morgan fingerprint density at radius 1 is 1.47 bits per heavy atom. The second-order valence-electron chi connectivity index (χ2n) is 3.05. The van der Waals surface area contributed by atoms with E-state index in [0.717, 1.165) is 6.42 Å². The van der Waals surface area contributed by atoms with Crippen LogP contribution in [0.1, 0.15) is 29.8 Å². The Bertz CT molecular complexity index is 324. The third-order valence-electron chi connectivity index (χ3n) is 1.80. The molecule has 0 aliphatic heterocycles. The van der Waals surface area contributed by atoms with Crippen molar-refractivity contribution < 1.29 is 9.59 Å². The lowest BCUT2D eigenvalue weighted by molar-refractivity contribution is -0.118. The van der Waals surface area contributed by atoms with Crippen molar-refractivity contribution in [3.8, 4) is 0 Å². The van der Waals surface area contributed by atoms with Crippen LogP contribution in [0.5, 0.6) is 0 Å². The Hall–Kier alpha value is -1.43. The molecule has 5 nitrogen and oxygen atoms in total. The summed E-state index contributed by atoms with van der Waals surface area (Å²) in [4.78, 5) is 25.6. The van der Waals surface area contributed by atoms with E-state index in [1.807, 2.05) is 0 Å². The molecule has 0 aliphatic rings. The average Bonchev–Trinajstić information content (AvgIpc) is 2.69. The van der Waals surface area contributed by atoms with Gasteiger partial charge in [0, 0.05) is 18.3 Å². The third kappa shape index (κ3) is 4.55. The molecule has 0 aliphatic carbocycles. The zero-order valence-electron chi connectivity index (χ0n) is 8.23. The highest BCUT2D eigenvalue weighted by Gasteiger charge is 2.05. The summed E-state index contributed by atoms with van der Waals surface area (Å²) in [5, 5.41) is 4.41. The van der Waals surface area contributed by atoms with Gasteiger partial charge in [0.05, 0.1) is 5.51 Å². The van der Waals surface area contributed by atoms with Crippen molar-refractivity contribution >= 4 is 23.2 Å². The van der Waals surface area contributed by atoms with Crippen molar-refractivity contribution in [2.75, 3.05) is 6.54 Å². The van der Waals surface area contributed by atoms with Gasteiger partial charge in [0.25, 0.3) is 5.91 Å². The summed E-state index contributed by atoms with van der Waals surface area (Å²) in [7, 11) is 0. The molecule has 1 aromatic heterocycles. The molecule has 15 heavy (non-hydrogen) atoms. The SMILES string of the molecule is NC(=O)CCCCNC(=O)c1cscn1. The molecule has 0 unspecified atom stereocenters. The Balaban J connectivity index is 2.10.